The highest BCUT2D eigenvalue weighted by molar-refractivity contribution is 7.89. The second kappa shape index (κ2) is 10.2. The number of ether oxygens (including phenoxy) is 1. The number of carbonyl (C=O) groups is 2. The van der Waals surface area contributed by atoms with Crippen molar-refractivity contribution in [1.29, 1.82) is 0 Å². The molecule has 2 aromatic carbocycles. The van der Waals surface area contributed by atoms with E-state index in [0.717, 1.165) is 16.4 Å². The van der Waals surface area contributed by atoms with Crippen molar-refractivity contribution in [3.8, 4) is 0 Å². The molecule has 1 fully saturated rings. The summed E-state index contributed by atoms with van der Waals surface area (Å²) in [6.07, 6.45) is -0.602. The highest BCUT2D eigenvalue weighted by Gasteiger charge is 2.35. The summed E-state index contributed by atoms with van der Waals surface area (Å²) in [4.78, 5) is 24.0. The highest BCUT2D eigenvalue weighted by atomic mass is 32.2. The molecular formula is C21H23F2N3O5S. The number of hydrogen-bond acceptors (Lipinski definition) is 5. The van der Waals surface area contributed by atoms with Crippen molar-refractivity contribution in [3.63, 3.8) is 0 Å². The summed E-state index contributed by atoms with van der Waals surface area (Å²) >= 11 is 0. The molecule has 32 heavy (non-hydrogen) atoms. The van der Waals surface area contributed by atoms with Crippen LogP contribution < -0.4 is 10.6 Å². The minimum absolute atomic E-state index is 0.0964. The van der Waals surface area contributed by atoms with Gasteiger partial charge in [-0.2, -0.15) is 4.31 Å². The van der Waals surface area contributed by atoms with Gasteiger partial charge in [-0.1, -0.05) is 18.2 Å². The van der Waals surface area contributed by atoms with Gasteiger partial charge in [-0.3, -0.25) is 9.59 Å². The highest BCUT2D eigenvalue weighted by Crippen LogP contribution is 2.23. The summed E-state index contributed by atoms with van der Waals surface area (Å²) in [6.45, 7) is 1.42. The van der Waals surface area contributed by atoms with Gasteiger partial charge in [0, 0.05) is 18.7 Å². The Hall–Kier alpha value is -2.89. The van der Waals surface area contributed by atoms with Crippen LogP contribution >= 0.6 is 0 Å². The van der Waals surface area contributed by atoms with Crippen LogP contribution in [0.4, 0.5) is 8.78 Å². The van der Waals surface area contributed by atoms with Crippen LogP contribution in [-0.2, 0) is 30.9 Å². The lowest BCUT2D eigenvalue weighted by atomic mass is 10.2. The molecule has 1 atom stereocenters. The fraction of sp³-hybridized carbons (Fsp3) is 0.333. The first-order chi connectivity index (χ1) is 15.2. The van der Waals surface area contributed by atoms with Crippen molar-refractivity contribution in [2.45, 2.75) is 31.0 Å². The molecule has 8 nitrogen and oxygen atoms in total. The van der Waals surface area contributed by atoms with Crippen LogP contribution in [0.1, 0.15) is 17.5 Å². The number of aryl methyl sites for hydroxylation is 1. The molecule has 11 heteroatoms. The molecule has 1 saturated heterocycles. The van der Waals surface area contributed by atoms with Crippen LogP contribution in [0.25, 0.3) is 0 Å². The van der Waals surface area contributed by atoms with Crippen molar-refractivity contribution in [2.75, 3.05) is 19.7 Å². The molecule has 0 radical (unpaired) electrons. The Morgan fingerprint density at radius 2 is 1.81 bits per heavy atom. The van der Waals surface area contributed by atoms with Gasteiger partial charge >= 0.3 is 11.8 Å². The Labute approximate surface area is 184 Å². The summed E-state index contributed by atoms with van der Waals surface area (Å²) < 4.78 is 59.8. The lowest BCUT2D eigenvalue weighted by Crippen LogP contribution is -2.53. The van der Waals surface area contributed by atoms with Gasteiger partial charge in [0.1, 0.15) is 17.9 Å². The van der Waals surface area contributed by atoms with Crippen molar-refractivity contribution in [2.24, 2.45) is 0 Å². The van der Waals surface area contributed by atoms with Crippen LogP contribution in [0.15, 0.2) is 47.4 Å². The minimum atomic E-state index is -4.02. The number of halogens is 2. The van der Waals surface area contributed by atoms with E-state index in [1.54, 1.807) is 6.07 Å². The molecule has 0 aliphatic carbocycles. The molecule has 0 spiro atoms. The summed E-state index contributed by atoms with van der Waals surface area (Å²) in [6, 6.07) is 9.28. The lowest BCUT2D eigenvalue weighted by Gasteiger charge is -2.34. The zero-order chi connectivity index (χ0) is 23.3. The van der Waals surface area contributed by atoms with E-state index < -0.39 is 39.7 Å². The van der Waals surface area contributed by atoms with Crippen LogP contribution in [0.2, 0.25) is 0 Å². The zero-order valence-corrected chi connectivity index (χ0v) is 18.1. The van der Waals surface area contributed by atoms with Crippen LogP contribution in [0.3, 0.4) is 0 Å². The Kier molecular flexibility index (Phi) is 7.54. The molecule has 2 amide bonds. The number of nitrogens with zero attached hydrogens (tertiary/aromatic N) is 1. The second-order valence-electron chi connectivity index (χ2n) is 7.19. The van der Waals surface area contributed by atoms with Gasteiger partial charge < -0.3 is 15.4 Å². The number of sulfonamides is 1. The number of hydrogen-bond donors (Lipinski definition) is 2. The molecule has 1 aliphatic heterocycles. The molecule has 0 saturated carbocycles. The van der Waals surface area contributed by atoms with E-state index in [0.29, 0.717) is 6.42 Å². The number of nitrogens with one attached hydrogen (secondary N) is 2. The topological polar surface area (TPSA) is 105 Å². The lowest BCUT2D eigenvalue weighted by molar-refractivity contribution is -0.140. The fourth-order valence-electron chi connectivity index (χ4n) is 3.17. The van der Waals surface area contributed by atoms with Crippen molar-refractivity contribution < 1.29 is 31.5 Å². The quantitative estimate of drug-likeness (QED) is 0.626. The molecule has 3 rings (SSSR count). The molecule has 172 valence electrons. The molecule has 1 heterocycles. The average Bonchev–Trinajstić information content (AvgIpc) is 2.78. The van der Waals surface area contributed by atoms with E-state index in [1.807, 2.05) is 0 Å². The minimum Gasteiger partial charge on any atom is -0.360 e. The maximum Gasteiger partial charge on any atom is 0.309 e. The third-order valence-corrected chi connectivity index (χ3v) is 6.82. The molecular weight excluding hydrogens is 444 g/mol. The Morgan fingerprint density at radius 1 is 1.09 bits per heavy atom. The van der Waals surface area contributed by atoms with Gasteiger partial charge in [-0.25, -0.2) is 17.2 Å². The van der Waals surface area contributed by atoms with Crippen molar-refractivity contribution in [1.82, 2.24) is 14.9 Å². The van der Waals surface area contributed by atoms with Gasteiger partial charge in [0.15, 0.2) is 0 Å². The first kappa shape index (κ1) is 23.8. The number of amides is 2. The van der Waals surface area contributed by atoms with Gasteiger partial charge in [0.05, 0.1) is 18.0 Å². The monoisotopic (exact) mass is 467 g/mol. The summed E-state index contributed by atoms with van der Waals surface area (Å²) in [7, 11) is -4.02. The molecule has 0 bridgehead atoms. The zero-order valence-electron chi connectivity index (χ0n) is 17.3. The second-order valence-corrected chi connectivity index (χ2v) is 9.08. The number of carbonyl (C=O) groups excluding carboxylic acids is 2. The van der Waals surface area contributed by atoms with Crippen molar-refractivity contribution >= 4 is 21.8 Å². The molecule has 2 aromatic rings. The van der Waals surface area contributed by atoms with Gasteiger partial charge in [0.2, 0.25) is 10.0 Å². The summed E-state index contributed by atoms with van der Waals surface area (Å²) in [5.41, 5.74) is 0.400. The van der Waals surface area contributed by atoms with Gasteiger partial charge in [0.25, 0.3) is 0 Å². The maximum absolute atomic E-state index is 13.6. The first-order valence-electron chi connectivity index (χ1n) is 9.89. The van der Waals surface area contributed by atoms with Crippen molar-refractivity contribution in [3.05, 3.63) is 65.2 Å². The van der Waals surface area contributed by atoms with E-state index >= 15 is 0 Å². The third-order valence-electron chi connectivity index (χ3n) is 4.93. The van der Waals surface area contributed by atoms with Gasteiger partial charge in [-0.15, -0.1) is 0 Å². The van der Waals surface area contributed by atoms with E-state index in [4.69, 9.17) is 4.74 Å². The molecule has 1 unspecified atom stereocenters. The SMILES string of the molecule is Cc1cc(S(=O)(=O)N2CCCOC2CNC(=O)C(=O)NCc2ccccc2F)ccc1F. The molecule has 1 aliphatic rings. The Balaban J connectivity index is 1.62. The van der Waals surface area contributed by atoms with Crippen LogP contribution in [-0.4, -0.2) is 50.5 Å². The summed E-state index contributed by atoms with van der Waals surface area (Å²) in [5, 5.41) is 4.65. The average molecular weight is 467 g/mol. The Bertz CT molecular complexity index is 1110. The maximum atomic E-state index is 13.6. The van der Waals surface area contributed by atoms with E-state index in [1.165, 1.54) is 31.2 Å². The summed E-state index contributed by atoms with van der Waals surface area (Å²) in [5.74, 6) is -3.04. The predicted octanol–water partition coefficient (Wildman–Crippen LogP) is 1.44. The standard InChI is InChI=1S/C21H23F2N3O5S/c1-14-11-16(7-8-17(14)22)32(29,30)26-9-4-10-31-19(26)13-25-21(28)20(27)24-12-15-5-2-3-6-18(15)23/h2-3,5-8,11,19H,4,9-10,12-13H2,1H3,(H,24,27)(H,25,28). The van der Waals surface area contributed by atoms with Crippen LogP contribution in [0, 0.1) is 18.6 Å². The van der Waals surface area contributed by atoms with Gasteiger partial charge in [-0.05, 0) is 43.2 Å². The third kappa shape index (κ3) is 5.47. The Morgan fingerprint density at radius 3 is 2.53 bits per heavy atom. The molecule has 2 N–H and O–H groups in total. The normalized spacial score (nSPS) is 17.0. The largest absolute Gasteiger partial charge is 0.360 e. The van der Waals surface area contributed by atoms with E-state index in [9.17, 15) is 26.8 Å². The molecule has 0 aromatic heterocycles. The van der Waals surface area contributed by atoms with E-state index in [-0.39, 0.29) is 42.3 Å². The number of rotatable bonds is 6. The van der Waals surface area contributed by atoms with E-state index in [2.05, 4.69) is 10.6 Å². The first-order valence-corrected chi connectivity index (χ1v) is 11.3. The predicted molar refractivity (Wildman–Crippen MR) is 111 cm³/mol. The van der Waals surface area contributed by atoms with Crippen LogP contribution in [0.5, 0.6) is 0 Å². The smallest absolute Gasteiger partial charge is 0.309 e. The number of benzene rings is 2. The fourth-order valence-corrected chi connectivity index (χ4v) is 4.82.